The van der Waals surface area contributed by atoms with Crippen molar-refractivity contribution in [2.45, 2.75) is 109 Å². The molecule has 1 aromatic carbocycles. The molecule has 32 heavy (non-hydrogen) atoms. The summed E-state index contributed by atoms with van der Waals surface area (Å²) in [6.07, 6.45) is 6.89. The van der Waals surface area contributed by atoms with Crippen molar-refractivity contribution in [1.82, 2.24) is 4.57 Å². The Morgan fingerprint density at radius 2 is 1.44 bits per heavy atom. The molecule has 2 N–H and O–H groups in total. The number of benzene rings is 1. The van der Waals surface area contributed by atoms with Crippen LogP contribution in [0.1, 0.15) is 97.4 Å². The van der Waals surface area contributed by atoms with Gasteiger partial charge in [-0.25, -0.2) is 13.6 Å². The van der Waals surface area contributed by atoms with Crippen LogP contribution in [0, 0.1) is 5.92 Å². The number of hydrogen-bond donors (Lipinski definition) is 1. The van der Waals surface area contributed by atoms with E-state index in [0.29, 0.717) is 12.3 Å². The minimum absolute atomic E-state index is 0.00678. The molecule has 1 aromatic heterocycles. The molecule has 0 atom stereocenters. The molecule has 0 saturated heterocycles. The molecule has 3 rings (SSSR count). The van der Waals surface area contributed by atoms with Gasteiger partial charge in [-0.1, -0.05) is 73.8 Å². The van der Waals surface area contributed by atoms with E-state index in [9.17, 15) is 8.42 Å². The molecule has 1 fully saturated rings. The van der Waals surface area contributed by atoms with Crippen molar-refractivity contribution in [2.24, 2.45) is 11.1 Å². The van der Waals surface area contributed by atoms with E-state index in [1.807, 2.05) is 13.0 Å². The molecule has 0 amide bonds. The second-order valence-corrected chi connectivity index (χ2v) is 13.2. The van der Waals surface area contributed by atoms with Crippen LogP contribution in [0.2, 0.25) is 0 Å². The first-order chi connectivity index (χ1) is 14.7. The van der Waals surface area contributed by atoms with Crippen LogP contribution in [-0.2, 0) is 33.8 Å². The molecule has 178 valence electrons. The van der Waals surface area contributed by atoms with Crippen molar-refractivity contribution in [2.75, 3.05) is 0 Å². The highest BCUT2D eigenvalue weighted by Gasteiger charge is 2.27. The molecule has 0 radical (unpaired) electrons. The van der Waals surface area contributed by atoms with Crippen molar-refractivity contribution in [3.8, 4) is 11.3 Å². The predicted octanol–water partition coefficient (Wildman–Crippen LogP) is 6.54. The number of hydrogen-bond acceptors (Lipinski definition) is 2. The molecular weight excluding hydrogens is 416 g/mol. The quantitative estimate of drug-likeness (QED) is 0.553. The second kappa shape index (κ2) is 8.98. The Hall–Kier alpha value is -1.59. The summed E-state index contributed by atoms with van der Waals surface area (Å²) in [5.74, 6) is 0.585. The molecule has 1 aliphatic carbocycles. The van der Waals surface area contributed by atoms with Crippen LogP contribution in [0.25, 0.3) is 11.3 Å². The van der Waals surface area contributed by atoms with E-state index in [-0.39, 0.29) is 15.7 Å². The Bertz CT molecular complexity index is 1030. The van der Waals surface area contributed by atoms with Gasteiger partial charge in [-0.15, -0.1) is 0 Å². The molecule has 1 heterocycles. The van der Waals surface area contributed by atoms with Gasteiger partial charge in [-0.2, -0.15) is 0 Å². The molecule has 1 aliphatic rings. The van der Waals surface area contributed by atoms with Crippen LogP contribution in [0.15, 0.2) is 29.2 Å². The van der Waals surface area contributed by atoms with Crippen LogP contribution >= 0.6 is 0 Å². The Morgan fingerprint density at radius 3 is 1.88 bits per heavy atom. The number of sulfonamides is 1. The summed E-state index contributed by atoms with van der Waals surface area (Å²) in [5.41, 5.74) is 5.42. The maximum Gasteiger partial charge on any atom is 0.239 e. The molecule has 0 spiro atoms. The van der Waals surface area contributed by atoms with Gasteiger partial charge < -0.3 is 4.57 Å². The SMILES string of the molecule is CCc1c(S(N)(=O)=O)cc(-c2cc(C(C)(C)C)cc(C(C)(C)C)c2)n1CC1CCCCC1. The first-order valence-corrected chi connectivity index (χ1v) is 13.7. The van der Waals surface area contributed by atoms with E-state index in [4.69, 9.17) is 5.14 Å². The molecule has 2 aromatic rings. The van der Waals surface area contributed by atoms with Gasteiger partial charge >= 0.3 is 0 Å². The Morgan fingerprint density at radius 1 is 0.906 bits per heavy atom. The van der Waals surface area contributed by atoms with Crippen molar-refractivity contribution < 1.29 is 8.42 Å². The highest BCUT2D eigenvalue weighted by molar-refractivity contribution is 7.89. The number of nitrogens with two attached hydrogens (primary N) is 1. The maximum atomic E-state index is 12.5. The zero-order valence-corrected chi connectivity index (χ0v) is 21.9. The molecule has 5 heteroatoms. The van der Waals surface area contributed by atoms with Crippen LogP contribution in [0.3, 0.4) is 0 Å². The minimum atomic E-state index is -3.79. The van der Waals surface area contributed by atoms with E-state index in [0.717, 1.165) is 23.5 Å². The summed E-state index contributed by atoms with van der Waals surface area (Å²) in [6, 6.07) is 8.62. The molecule has 4 nitrogen and oxygen atoms in total. The largest absolute Gasteiger partial charge is 0.343 e. The third kappa shape index (κ3) is 5.48. The lowest BCUT2D eigenvalue weighted by Gasteiger charge is -2.28. The van der Waals surface area contributed by atoms with Gasteiger partial charge in [0.1, 0.15) is 4.90 Å². The van der Waals surface area contributed by atoms with Gasteiger partial charge in [-0.05, 0) is 70.9 Å². The van der Waals surface area contributed by atoms with Crippen molar-refractivity contribution in [3.63, 3.8) is 0 Å². The third-order valence-corrected chi connectivity index (χ3v) is 7.90. The van der Waals surface area contributed by atoms with Crippen LogP contribution in [-0.4, -0.2) is 13.0 Å². The van der Waals surface area contributed by atoms with E-state index in [1.54, 1.807) is 0 Å². The smallest absolute Gasteiger partial charge is 0.239 e. The van der Waals surface area contributed by atoms with Crippen molar-refractivity contribution >= 4 is 10.0 Å². The van der Waals surface area contributed by atoms with Crippen LogP contribution in [0.4, 0.5) is 0 Å². The Balaban J connectivity index is 2.27. The first kappa shape index (κ1) is 25.0. The number of nitrogens with zero attached hydrogens (tertiary/aromatic N) is 1. The van der Waals surface area contributed by atoms with E-state index in [1.165, 1.54) is 43.2 Å². The zero-order valence-electron chi connectivity index (χ0n) is 21.1. The number of rotatable bonds is 5. The Labute approximate surface area is 195 Å². The normalized spacial score (nSPS) is 16.5. The summed E-state index contributed by atoms with van der Waals surface area (Å²) in [4.78, 5) is 0.282. The monoisotopic (exact) mass is 458 g/mol. The zero-order chi connectivity index (χ0) is 23.9. The first-order valence-electron chi connectivity index (χ1n) is 12.1. The average molecular weight is 459 g/mol. The van der Waals surface area contributed by atoms with Gasteiger partial charge in [0, 0.05) is 17.9 Å². The molecule has 0 aliphatic heterocycles. The van der Waals surface area contributed by atoms with Gasteiger partial charge in [0.05, 0.1) is 0 Å². The maximum absolute atomic E-state index is 12.5. The highest BCUT2D eigenvalue weighted by atomic mass is 32.2. The average Bonchev–Trinajstić information content (AvgIpc) is 3.05. The molecule has 0 bridgehead atoms. The molecule has 0 unspecified atom stereocenters. The second-order valence-electron chi connectivity index (χ2n) is 11.7. The molecular formula is C27H42N2O2S. The fraction of sp³-hybridized carbons (Fsp3) is 0.630. The van der Waals surface area contributed by atoms with Crippen molar-refractivity contribution in [3.05, 3.63) is 41.1 Å². The van der Waals surface area contributed by atoms with E-state index in [2.05, 4.69) is 64.3 Å². The van der Waals surface area contributed by atoms with Crippen molar-refractivity contribution in [1.29, 1.82) is 0 Å². The fourth-order valence-electron chi connectivity index (χ4n) is 4.89. The summed E-state index contributed by atoms with van der Waals surface area (Å²) in [7, 11) is -3.79. The third-order valence-electron chi connectivity index (χ3n) is 6.94. The molecule has 1 saturated carbocycles. The summed E-state index contributed by atoms with van der Waals surface area (Å²) in [6.45, 7) is 16.3. The lowest BCUT2D eigenvalue weighted by molar-refractivity contribution is 0.317. The summed E-state index contributed by atoms with van der Waals surface area (Å²) < 4.78 is 27.3. The summed E-state index contributed by atoms with van der Waals surface area (Å²) >= 11 is 0. The lowest BCUT2D eigenvalue weighted by atomic mass is 9.79. The van der Waals surface area contributed by atoms with Gasteiger partial charge in [0.15, 0.2) is 0 Å². The standard InChI is InChI=1S/C27H42N2O2S/c1-8-23-25(32(28,30)31)17-24(29(23)18-19-12-10-9-11-13-19)20-14-21(26(2,3)4)16-22(15-20)27(5,6)7/h14-17,19H,8-13,18H2,1-7H3,(H2,28,30,31). The summed E-state index contributed by atoms with van der Waals surface area (Å²) in [5, 5.41) is 5.68. The Kier molecular flexibility index (Phi) is 7.03. The van der Waals surface area contributed by atoms with Gasteiger partial charge in [-0.3, -0.25) is 0 Å². The van der Waals surface area contributed by atoms with Gasteiger partial charge in [0.25, 0.3) is 0 Å². The predicted molar refractivity (Wildman–Crippen MR) is 135 cm³/mol. The van der Waals surface area contributed by atoms with Gasteiger partial charge in [0.2, 0.25) is 10.0 Å². The van der Waals surface area contributed by atoms with E-state index < -0.39 is 10.0 Å². The van der Waals surface area contributed by atoms with Crippen LogP contribution < -0.4 is 5.14 Å². The number of primary sulfonamides is 1. The fourth-order valence-corrected chi connectivity index (χ4v) is 5.75. The highest BCUT2D eigenvalue weighted by Crippen LogP contribution is 2.37. The van der Waals surface area contributed by atoms with E-state index >= 15 is 0 Å². The lowest BCUT2D eigenvalue weighted by Crippen LogP contribution is -2.19. The number of aromatic nitrogens is 1. The van der Waals surface area contributed by atoms with Crippen LogP contribution in [0.5, 0.6) is 0 Å². The minimum Gasteiger partial charge on any atom is -0.343 e. The topological polar surface area (TPSA) is 65.1 Å².